The molecule has 22 heavy (non-hydrogen) atoms. The van der Waals surface area contributed by atoms with Crippen molar-refractivity contribution in [3.8, 4) is 0 Å². The molecule has 4 nitrogen and oxygen atoms in total. The summed E-state index contributed by atoms with van der Waals surface area (Å²) < 4.78 is 0. The molecule has 4 saturated heterocycles. The van der Waals surface area contributed by atoms with Crippen molar-refractivity contribution in [3.63, 3.8) is 0 Å². The summed E-state index contributed by atoms with van der Waals surface area (Å²) in [5.41, 5.74) is 0.964. The Labute approximate surface area is 132 Å². The van der Waals surface area contributed by atoms with Gasteiger partial charge in [-0.1, -0.05) is 32.8 Å². The Balaban J connectivity index is 1.69. The molecule has 4 fully saturated rings. The third-order valence-electron chi connectivity index (χ3n) is 5.83. The first-order chi connectivity index (χ1) is 10.6. The Kier molecular flexibility index (Phi) is 3.17. The van der Waals surface area contributed by atoms with Crippen molar-refractivity contribution < 1.29 is 4.79 Å². The van der Waals surface area contributed by atoms with Crippen molar-refractivity contribution in [2.45, 2.75) is 39.3 Å². The van der Waals surface area contributed by atoms with Crippen molar-refractivity contribution in [2.75, 3.05) is 26.2 Å². The predicted octanol–water partition coefficient (Wildman–Crippen LogP) is 2.48. The summed E-state index contributed by atoms with van der Waals surface area (Å²) >= 11 is 0. The Morgan fingerprint density at radius 3 is 2.59 bits per heavy atom. The topological polar surface area (TPSA) is 36.4 Å². The number of piperidine rings is 2. The molecule has 4 aliphatic rings. The Morgan fingerprint density at radius 2 is 2.00 bits per heavy atom. The van der Waals surface area contributed by atoms with Crippen LogP contribution < -0.4 is 0 Å². The second kappa shape index (κ2) is 4.87. The highest BCUT2D eigenvalue weighted by atomic mass is 16.1. The molecule has 4 bridgehead atoms. The van der Waals surface area contributed by atoms with Gasteiger partial charge in [0.2, 0.25) is 0 Å². The van der Waals surface area contributed by atoms with Gasteiger partial charge in [-0.15, -0.1) is 0 Å². The van der Waals surface area contributed by atoms with E-state index in [-0.39, 0.29) is 10.8 Å². The van der Waals surface area contributed by atoms with Crippen LogP contribution in [-0.2, 0) is 4.79 Å². The third kappa shape index (κ3) is 1.90. The number of nitrogens with zero attached hydrogens (tertiary/aromatic N) is 3. The van der Waals surface area contributed by atoms with E-state index >= 15 is 0 Å². The number of carbonyl (C=O) groups excluding carboxylic acids is 1. The number of Topliss-reactive ketones (excluding diaryl/α,β-unsaturated/α-hetero) is 1. The van der Waals surface area contributed by atoms with Crippen LogP contribution in [0.4, 0.5) is 0 Å². The molecule has 2 unspecified atom stereocenters. The van der Waals surface area contributed by atoms with E-state index in [1.165, 1.54) is 5.56 Å². The van der Waals surface area contributed by atoms with Gasteiger partial charge in [-0.05, 0) is 12.5 Å². The lowest BCUT2D eigenvalue weighted by Gasteiger charge is -2.65. The van der Waals surface area contributed by atoms with E-state index in [4.69, 9.17) is 0 Å². The summed E-state index contributed by atoms with van der Waals surface area (Å²) in [6.07, 6.45) is 7.49. The lowest BCUT2D eigenvalue weighted by molar-refractivity contribution is -0.201. The van der Waals surface area contributed by atoms with E-state index in [1.54, 1.807) is 0 Å². The van der Waals surface area contributed by atoms with Crippen LogP contribution in [0.5, 0.6) is 0 Å². The second-order valence-corrected chi connectivity index (χ2v) is 7.74. The van der Waals surface area contributed by atoms with Gasteiger partial charge in [-0.2, -0.15) is 0 Å². The van der Waals surface area contributed by atoms with Crippen molar-refractivity contribution in [3.05, 3.63) is 30.1 Å². The van der Waals surface area contributed by atoms with E-state index in [0.717, 1.165) is 45.4 Å². The van der Waals surface area contributed by atoms with Crippen LogP contribution in [0, 0.1) is 10.8 Å². The zero-order valence-electron chi connectivity index (χ0n) is 13.6. The molecule has 4 heteroatoms. The van der Waals surface area contributed by atoms with Gasteiger partial charge in [0.15, 0.2) is 0 Å². The largest absolute Gasteiger partial charge is 0.298 e. The van der Waals surface area contributed by atoms with Gasteiger partial charge in [0.05, 0.1) is 17.0 Å². The summed E-state index contributed by atoms with van der Waals surface area (Å²) in [7, 11) is 0. The quantitative estimate of drug-likeness (QED) is 0.856. The number of hydrogen-bond donors (Lipinski definition) is 0. The normalized spacial score (nSPS) is 42.8. The third-order valence-corrected chi connectivity index (χ3v) is 5.83. The zero-order valence-corrected chi connectivity index (χ0v) is 13.6. The van der Waals surface area contributed by atoms with Crippen molar-refractivity contribution in [1.29, 1.82) is 0 Å². The van der Waals surface area contributed by atoms with Gasteiger partial charge >= 0.3 is 0 Å². The SMILES string of the molecule is CCCCC12CN3CC(C)(CN(C1)C3c1cccnc1)C2=O. The average molecular weight is 299 g/mol. The molecule has 5 heterocycles. The molecule has 118 valence electrons. The number of aromatic nitrogens is 1. The van der Waals surface area contributed by atoms with E-state index in [0.29, 0.717) is 11.9 Å². The molecule has 0 aliphatic carbocycles. The van der Waals surface area contributed by atoms with Crippen molar-refractivity contribution >= 4 is 5.78 Å². The first kappa shape index (κ1) is 14.3. The second-order valence-electron chi connectivity index (χ2n) is 7.74. The van der Waals surface area contributed by atoms with Crippen LogP contribution in [-0.4, -0.2) is 46.7 Å². The number of ketones is 1. The van der Waals surface area contributed by atoms with Gasteiger partial charge in [0.25, 0.3) is 0 Å². The zero-order chi connectivity index (χ0) is 15.4. The number of rotatable bonds is 4. The lowest BCUT2D eigenvalue weighted by atomic mass is 9.59. The first-order valence-corrected chi connectivity index (χ1v) is 8.51. The molecular weight excluding hydrogens is 274 g/mol. The molecular formula is C18H25N3O. The highest BCUT2D eigenvalue weighted by Gasteiger charge is 2.63. The summed E-state index contributed by atoms with van der Waals surface area (Å²) in [5.74, 6) is 0.533. The Bertz CT molecular complexity index is 569. The fourth-order valence-corrected chi connectivity index (χ4v) is 5.13. The van der Waals surface area contributed by atoms with Gasteiger partial charge in [0, 0.05) is 44.1 Å². The summed E-state index contributed by atoms with van der Waals surface area (Å²) in [4.78, 5) is 22.5. The average Bonchev–Trinajstić information content (AvgIpc) is 2.50. The van der Waals surface area contributed by atoms with E-state index in [2.05, 4.69) is 34.7 Å². The monoisotopic (exact) mass is 299 g/mol. The number of pyridine rings is 1. The highest BCUT2D eigenvalue weighted by Crippen LogP contribution is 2.53. The molecule has 0 aromatic carbocycles. The fraction of sp³-hybridized carbons (Fsp3) is 0.667. The maximum atomic E-state index is 13.1. The molecule has 1 aromatic heterocycles. The Hall–Kier alpha value is -1.26. The lowest BCUT2D eigenvalue weighted by Crippen LogP contribution is -2.76. The standard InChI is InChI=1S/C18H25N3O/c1-3-4-7-18-12-20-10-17(2,16(18)22)11-21(13-18)15(20)14-6-5-8-19-9-14/h5-6,8-9,15H,3-4,7,10-13H2,1-2H3. The molecule has 5 rings (SSSR count). The van der Waals surface area contributed by atoms with Crippen LogP contribution in [0.2, 0.25) is 0 Å². The fourth-order valence-electron chi connectivity index (χ4n) is 5.13. The van der Waals surface area contributed by atoms with E-state index < -0.39 is 0 Å². The number of unbranched alkanes of at least 4 members (excludes halogenated alkanes) is 1. The van der Waals surface area contributed by atoms with Gasteiger partial charge < -0.3 is 0 Å². The molecule has 0 N–H and O–H groups in total. The molecule has 2 atom stereocenters. The molecule has 0 saturated carbocycles. The summed E-state index contributed by atoms with van der Waals surface area (Å²) in [5, 5.41) is 0. The Morgan fingerprint density at radius 1 is 1.27 bits per heavy atom. The minimum atomic E-state index is -0.178. The van der Waals surface area contributed by atoms with E-state index in [9.17, 15) is 4.79 Å². The molecule has 0 spiro atoms. The summed E-state index contributed by atoms with van der Waals surface area (Å²) in [6, 6.07) is 4.19. The highest BCUT2D eigenvalue weighted by molar-refractivity contribution is 5.93. The number of hydrogen-bond acceptors (Lipinski definition) is 4. The minimum absolute atomic E-state index is 0.125. The molecule has 0 radical (unpaired) electrons. The van der Waals surface area contributed by atoms with Gasteiger partial charge in [-0.3, -0.25) is 19.6 Å². The summed E-state index contributed by atoms with van der Waals surface area (Å²) in [6.45, 7) is 8.04. The van der Waals surface area contributed by atoms with Gasteiger partial charge in [0.1, 0.15) is 5.78 Å². The van der Waals surface area contributed by atoms with Crippen molar-refractivity contribution in [1.82, 2.24) is 14.8 Å². The van der Waals surface area contributed by atoms with Crippen LogP contribution in [0.25, 0.3) is 0 Å². The van der Waals surface area contributed by atoms with Crippen LogP contribution in [0.3, 0.4) is 0 Å². The molecule has 1 aromatic rings. The molecule has 4 aliphatic heterocycles. The van der Waals surface area contributed by atoms with E-state index in [1.807, 2.05) is 18.5 Å². The smallest absolute Gasteiger partial charge is 0.150 e. The van der Waals surface area contributed by atoms with Crippen LogP contribution in [0.1, 0.15) is 44.8 Å². The predicted molar refractivity (Wildman–Crippen MR) is 85.2 cm³/mol. The molecule has 0 amide bonds. The van der Waals surface area contributed by atoms with Gasteiger partial charge in [-0.25, -0.2) is 0 Å². The van der Waals surface area contributed by atoms with Crippen molar-refractivity contribution in [2.24, 2.45) is 10.8 Å². The van der Waals surface area contributed by atoms with Crippen LogP contribution in [0.15, 0.2) is 24.5 Å². The maximum absolute atomic E-state index is 13.1. The minimum Gasteiger partial charge on any atom is -0.298 e. The first-order valence-electron chi connectivity index (χ1n) is 8.51. The maximum Gasteiger partial charge on any atom is 0.150 e. The number of carbonyl (C=O) groups is 1. The van der Waals surface area contributed by atoms with Crippen LogP contribution >= 0.6 is 0 Å².